The molecule has 0 heterocycles. The van der Waals surface area contributed by atoms with E-state index in [4.69, 9.17) is 0 Å². The summed E-state index contributed by atoms with van der Waals surface area (Å²) in [5.74, 6) is -0.681. The SMILES string of the molecule is CC(=O)Nc1ccc(S(=O)(=O)OS(=O)(=O)c2ccc(NC(C)=O)cc2)cc1. The topological polar surface area (TPSA) is 136 Å². The molecule has 2 N–H and O–H groups in total. The highest BCUT2D eigenvalue weighted by Gasteiger charge is 2.26. The van der Waals surface area contributed by atoms with Crippen LogP contribution in [0.2, 0.25) is 0 Å². The van der Waals surface area contributed by atoms with Crippen LogP contribution >= 0.6 is 0 Å². The van der Waals surface area contributed by atoms with Gasteiger partial charge in [0.1, 0.15) is 0 Å². The Morgan fingerprint density at radius 3 is 1.22 bits per heavy atom. The molecular formula is C16H16N2O7S2. The van der Waals surface area contributed by atoms with E-state index in [1.165, 1.54) is 38.1 Å². The lowest BCUT2D eigenvalue weighted by Gasteiger charge is -2.08. The van der Waals surface area contributed by atoms with Crippen LogP contribution in [-0.4, -0.2) is 28.6 Å². The average Bonchev–Trinajstić information content (AvgIpc) is 2.53. The molecule has 0 aliphatic rings. The second-order valence-corrected chi connectivity index (χ2v) is 8.69. The van der Waals surface area contributed by atoms with Crippen molar-refractivity contribution in [3.05, 3.63) is 48.5 Å². The minimum absolute atomic E-state index is 0.341. The minimum atomic E-state index is -4.61. The highest BCUT2D eigenvalue weighted by Crippen LogP contribution is 2.22. The maximum Gasteiger partial charge on any atom is 0.311 e. The van der Waals surface area contributed by atoms with E-state index in [9.17, 15) is 26.4 Å². The Balaban J connectivity index is 2.22. The van der Waals surface area contributed by atoms with Crippen molar-refractivity contribution in [3.8, 4) is 0 Å². The van der Waals surface area contributed by atoms with E-state index in [2.05, 4.69) is 14.3 Å². The monoisotopic (exact) mass is 412 g/mol. The van der Waals surface area contributed by atoms with E-state index in [-0.39, 0.29) is 11.8 Å². The summed E-state index contributed by atoms with van der Waals surface area (Å²) >= 11 is 0. The maximum atomic E-state index is 12.2. The standard InChI is InChI=1S/C16H16N2O7S2/c1-11(19)17-13-3-7-15(8-4-13)26(21,22)25-27(23,24)16-9-5-14(6-10-16)18-12(2)20/h3-10H,1-2H3,(H,17,19)(H,18,20). The summed E-state index contributed by atoms with van der Waals surface area (Å²) in [7, 11) is -9.22. The molecule has 2 aromatic rings. The third-order valence-electron chi connectivity index (χ3n) is 3.11. The molecule has 9 nitrogen and oxygen atoms in total. The van der Waals surface area contributed by atoms with Crippen molar-refractivity contribution in [3.63, 3.8) is 0 Å². The number of benzene rings is 2. The minimum Gasteiger partial charge on any atom is -0.326 e. The zero-order valence-electron chi connectivity index (χ0n) is 14.3. The molecule has 0 aromatic heterocycles. The number of carbonyl (C=O) groups excluding carboxylic acids is 2. The molecule has 0 saturated heterocycles. The van der Waals surface area contributed by atoms with Crippen LogP contribution in [-0.2, 0) is 33.5 Å². The molecule has 2 rings (SSSR count). The van der Waals surface area contributed by atoms with Gasteiger partial charge in [0.15, 0.2) is 0 Å². The average molecular weight is 412 g/mol. The van der Waals surface area contributed by atoms with Gasteiger partial charge in [-0.05, 0) is 48.5 Å². The van der Waals surface area contributed by atoms with Crippen LogP contribution < -0.4 is 10.6 Å². The highest BCUT2D eigenvalue weighted by molar-refractivity contribution is 7.99. The quantitative estimate of drug-likeness (QED) is 0.737. The molecule has 0 aliphatic heterocycles. The fourth-order valence-corrected chi connectivity index (χ4v) is 4.52. The van der Waals surface area contributed by atoms with E-state index in [1.807, 2.05) is 0 Å². The molecule has 11 heteroatoms. The first-order chi connectivity index (χ1) is 12.5. The number of hydrogen-bond acceptors (Lipinski definition) is 7. The zero-order valence-corrected chi connectivity index (χ0v) is 15.9. The van der Waals surface area contributed by atoms with Crippen molar-refractivity contribution >= 4 is 43.4 Å². The third kappa shape index (κ3) is 5.61. The molecular weight excluding hydrogens is 396 g/mol. The van der Waals surface area contributed by atoms with Gasteiger partial charge in [0, 0.05) is 25.2 Å². The van der Waals surface area contributed by atoms with Gasteiger partial charge in [-0.1, -0.05) is 0 Å². The van der Waals surface area contributed by atoms with E-state index >= 15 is 0 Å². The fraction of sp³-hybridized carbons (Fsp3) is 0.125. The van der Waals surface area contributed by atoms with Crippen molar-refractivity contribution in [2.75, 3.05) is 10.6 Å². The van der Waals surface area contributed by atoms with Gasteiger partial charge in [-0.2, -0.15) is 16.8 Å². The Labute approximate surface area is 156 Å². The summed E-state index contributed by atoms with van der Waals surface area (Å²) < 4.78 is 53.3. The number of rotatable bonds is 6. The van der Waals surface area contributed by atoms with Crippen molar-refractivity contribution in [2.24, 2.45) is 0 Å². The van der Waals surface area contributed by atoms with Crippen molar-refractivity contribution in [1.82, 2.24) is 0 Å². The first-order valence-corrected chi connectivity index (χ1v) is 10.3. The van der Waals surface area contributed by atoms with Gasteiger partial charge in [0.25, 0.3) is 0 Å². The van der Waals surface area contributed by atoms with E-state index in [0.29, 0.717) is 11.4 Å². The summed E-state index contributed by atoms with van der Waals surface area (Å²) in [6.07, 6.45) is 0. The first-order valence-electron chi connectivity index (χ1n) is 7.46. The van der Waals surface area contributed by atoms with Crippen molar-refractivity contribution in [2.45, 2.75) is 23.6 Å². The first kappa shape index (κ1) is 20.6. The number of carbonyl (C=O) groups is 2. The van der Waals surface area contributed by atoms with Crippen LogP contribution in [0.4, 0.5) is 11.4 Å². The van der Waals surface area contributed by atoms with Crippen molar-refractivity contribution in [1.29, 1.82) is 0 Å². The largest absolute Gasteiger partial charge is 0.326 e. The molecule has 2 aromatic carbocycles. The summed E-state index contributed by atoms with van der Waals surface area (Å²) in [4.78, 5) is 21.1. The van der Waals surface area contributed by atoms with Crippen LogP contribution in [0.25, 0.3) is 0 Å². The molecule has 0 bridgehead atoms. The second-order valence-electron chi connectivity index (χ2n) is 5.39. The number of hydrogen-bond donors (Lipinski definition) is 2. The van der Waals surface area contributed by atoms with Gasteiger partial charge >= 0.3 is 20.2 Å². The van der Waals surface area contributed by atoms with Crippen LogP contribution in [0.1, 0.15) is 13.8 Å². The molecule has 0 spiro atoms. The van der Waals surface area contributed by atoms with Gasteiger partial charge in [-0.3, -0.25) is 9.59 Å². The number of anilines is 2. The zero-order chi connectivity index (χ0) is 20.2. The Kier molecular flexibility index (Phi) is 5.98. The number of nitrogens with one attached hydrogen (secondary N) is 2. The Morgan fingerprint density at radius 1 is 0.667 bits per heavy atom. The molecule has 0 radical (unpaired) electrons. The van der Waals surface area contributed by atoms with Crippen LogP contribution in [0.5, 0.6) is 0 Å². The lowest BCUT2D eigenvalue weighted by Crippen LogP contribution is -2.14. The lowest BCUT2D eigenvalue weighted by atomic mass is 10.3. The molecule has 0 atom stereocenters. The summed E-state index contributed by atoms with van der Waals surface area (Å²) in [5.41, 5.74) is 0.690. The summed E-state index contributed by atoms with van der Waals surface area (Å²) in [5, 5.41) is 4.91. The smallest absolute Gasteiger partial charge is 0.311 e. The van der Waals surface area contributed by atoms with Crippen LogP contribution in [0.3, 0.4) is 0 Å². The lowest BCUT2D eigenvalue weighted by molar-refractivity contribution is -0.115. The molecule has 2 amide bonds. The molecule has 0 unspecified atom stereocenters. The summed E-state index contributed by atoms with van der Waals surface area (Å²) in [6, 6.07) is 9.62. The maximum absolute atomic E-state index is 12.2. The predicted molar refractivity (Wildman–Crippen MR) is 96.9 cm³/mol. The van der Waals surface area contributed by atoms with E-state index < -0.39 is 30.0 Å². The van der Waals surface area contributed by atoms with Crippen molar-refractivity contribution < 1.29 is 30.1 Å². The molecule has 144 valence electrons. The normalized spacial score (nSPS) is 11.6. The Morgan fingerprint density at radius 2 is 0.963 bits per heavy atom. The molecule has 0 saturated carbocycles. The van der Waals surface area contributed by atoms with Gasteiger partial charge in [-0.15, -0.1) is 3.63 Å². The van der Waals surface area contributed by atoms with Gasteiger partial charge in [-0.25, -0.2) is 0 Å². The van der Waals surface area contributed by atoms with E-state index in [1.54, 1.807) is 0 Å². The Bertz CT molecular complexity index is 971. The van der Waals surface area contributed by atoms with E-state index in [0.717, 1.165) is 24.3 Å². The summed E-state index contributed by atoms with van der Waals surface area (Å²) in [6.45, 7) is 2.58. The Hall–Kier alpha value is -2.76. The predicted octanol–water partition coefficient (Wildman–Crippen LogP) is 1.70. The highest BCUT2D eigenvalue weighted by atomic mass is 32.3. The van der Waals surface area contributed by atoms with Gasteiger partial charge in [0.05, 0.1) is 9.79 Å². The fourth-order valence-electron chi connectivity index (χ4n) is 2.01. The molecule has 0 aliphatic carbocycles. The molecule has 27 heavy (non-hydrogen) atoms. The second kappa shape index (κ2) is 7.86. The number of amides is 2. The van der Waals surface area contributed by atoms with Crippen LogP contribution in [0.15, 0.2) is 58.3 Å². The van der Waals surface area contributed by atoms with Crippen LogP contribution in [0, 0.1) is 0 Å². The van der Waals surface area contributed by atoms with Gasteiger partial charge in [0.2, 0.25) is 11.8 Å². The third-order valence-corrected chi connectivity index (χ3v) is 6.24. The molecule has 0 fully saturated rings. The van der Waals surface area contributed by atoms with Gasteiger partial charge < -0.3 is 10.6 Å².